The number of halogens is 4. The first-order valence-corrected chi connectivity index (χ1v) is 16.6. The van der Waals surface area contributed by atoms with Gasteiger partial charge in [-0.25, -0.2) is 0 Å². The van der Waals surface area contributed by atoms with Crippen molar-refractivity contribution in [2.45, 2.75) is 0 Å². The molecule has 0 unspecified atom stereocenters. The molecule has 0 amide bonds. The topological polar surface area (TPSA) is 94.5 Å². The van der Waals surface area contributed by atoms with Crippen LogP contribution in [0.25, 0.3) is 0 Å². The van der Waals surface area contributed by atoms with Gasteiger partial charge in [0.25, 0.3) is 0 Å². The Morgan fingerprint density at radius 1 is 0.625 bits per heavy atom. The molecule has 6 N–H and O–H groups in total. The SMILES string of the molecule is O.O.O.[Cl][Ta]([Cl])([Cl])[Cl]. The van der Waals surface area contributed by atoms with Gasteiger partial charge in [0.2, 0.25) is 0 Å². The van der Waals surface area contributed by atoms with Gasteiger partial charge in [-0.15, -0.1) is 0 Å². The molecule has 8 heteroatoms. The van der Waals surface area contributed by atoms with E-state index >= 15 is 0 Å². The van der Waals surface area contributed by atoms with Crippen LogP contribution < -0.4 is 0 Å². The first kappa shape index (κ1) is 22.6. The molecule has 0 aromatic carbocycles. The maximum atomic E-state index is 5.04. The van der Waals surface area contributed by atoms with Gasteiger partial charge in [-0.05, 0) is 0 Å². The summed E-state index contributed by atoms with van der Waals surface area (Å²) in [5.41, 5.74) is 0. The van der Waals surface area contributed by atoms with Crippen LogP contribution in [0.2, 0.25) is 0 Å². The van der Waals surface area contributed by atoms with Gasteiger partial charge in [0, 0.05) is 0 Å². The Balaban J connectivity index is -0.0000000267. The molecule has 0 aliphatic heterocycles. The Morgan fingerprint density at radius 3 is 0.625 bits per heavy atom. The summed E-state index contributed by atoms with van der Waals surface area (Å²) >= 11 is -3.33. The minimum atomic E-state index is -3.33. The average molecular weight is 377 g/mol. The van der Waals surface area contributed by atoms with Crippen LogP contribution in [0.15, 0.2) is 0 Å². The predicted molar refractivity (Wildman–Crippen MR) is 34.3 cm³/mol. The summed E-state index contributed by atoms with van der Waals surface area (Å²) in [5, 5.41) is 0. The fraction of sp³-hybridized carbons (Fsp3) is 0. The molecule has 0 saturated heterocycles. The molecule has 0 fully saturated rings. The van der Waals surface area contributed by atoms with Crippen LogP contribution in [-0.2, 0) is 12.8 Å². The second-order valence-electron chi connectivity index (χ2n) is 0.383. The fourth-order valence-corrected chi connectivity index (χ4v) is 0. The summed E-state index contributed by atoms with van der Waals surface area (Å²) in [7, 11) is 20.2. The van der Waals surface area contributed by atoms with E-state index in [1.165, 1.54) is 0 Å². The molecule has 0 spiro atoms. The van der Waals surface area contributed by atoms with Crippen LogP contribution in [0.5, 0.6) is 0 Å². The molecule has 57 valence electrons. The second kappa shape index (κ2) is 8.78. The summed E-state index contributed by atoms with van der Waals surface area (Å²) in [6.07, 6.45) is 0. The number of rotatable bonds is 0. The van der Waals surface area contributed by atoms with E-state index < -0.39 is 12.8 Å². The molecule has 0 aromatic rings. The summed E-state index contributed by atoms with van der Waals surface area (Å²) in [4.78, 5) is 0. The standard InChI is InChI=1S/4ClH.3H2O.Ta/h4*1H;3*1H2;/q;;;;;;;+4/p-4. The zero-order chi connectivity index (χ0) is 4.50. The van der Waals surface area contributed by atoms with Crippen LogP contribution in [0.3, 0.4) is 0 Å². The summed E-state index contributed by atoms with van der Waals surface area (Å²) in [5.74, 6) is 0. The molecule has 0 radical (unpaired) electrons. The van der Waals surface area contributed by atoms with Crippen molar-refractivity contribution in [1.29, 1.82) is 0 Å². The van der Waals surface area contributed by atoms with Crippen molar-refractivity contribution in [2.75, 3.05) is 0 Å². The van der Waals surface area contributed by atoms with Crippen molar-refractivity contribution in [3.63, 3.8) is 0 Å². The van der Waals surface area contributed by atoms with Crippen molar-refractivity contribution >= 4 is 36.8 Å². The van der Waals surface area contributed by atoms with Crippen LogP contribution in [0.1, 0.15) is 0 Å². The molecule has 0 aliphatic carbocycles. The van der Waals surface area contributed by atoms with Gasteiger partial charge in [-0.2, -0.15) is 0 Å². The molecular formula is H6Cl4O3Ta. The third-order valence-electron chi connectivity index (χ3n) is 0. The summed E-state index contributed by atoms with van der Waals surface area (Å²) < 4.78 is 0. The molecule has 0 saturated carbocycles. The average Bonchev–Trinajstić information content (AvgIpc) is 0.722. The first-order valence-electron chi connectivity index (χ1n) is 0.676. The van der Waals surface area contributed by atoms with E-state index in [9.17, 15) is 0 Å². The molecule has 0 rings (SSSR count). The van der Waals surface area contributed by atoms with E-state index in [2.05, 4.69) is 0 Å². The summed E-state index contributed by atoms with van der Waals surface area (Å²) in [6.45, 7) is 0. The zero-order valence-corrected chi connectivity index (χ0v) is 9.70. The normalized spacial score (nSPS) is 7.50. The van der Waals surface area contributed by atoms with Crippen LogP contribution in [0, 0.1) is 0 Å². The van der Waals surface area contributed by atoms with Gasteiger partial charge in [0.15, 0.2) is 0 Å². The van der Waals surface area contributed by atoms with Gasteiger partial charge >= 0.3 is 49.6 Å². The van der Waals surface area contributed by atoms with Gasteiger partial charge in [0.1, 0.15) is 0 Å². The van der Waals surface area contributed by atoms with Crippen molar-refractivity contribution in [3.05, 3.63) is 0 Å². The first-order chi connectivity index (χ1) is 2.00. The van der Waals surface area contributed by atoms with Crippen molar-refractivity contribution in [1.82, 2.24) is 0 Å². The van der Waals surface area contributed by atoms with Crippen LogP contribution in [0.4, 0.5) is 0 Å². The molecule has 0 heterocycles. The van der Waals surface area contributed by atoms with Gasteiger partial charge in [-0.1, -0.05) is 0 Å². The van der Waals surface area contributed by atoms with E-state index in [1.807, 2.05) is 0 Å². The summed E-state index contributed by atoms with van der Waals surface area (Å²) in [6, 6.07) is 0. The molecule has 3 nitrogen and oxygen atoms in total. The minimum absolute atomic E-state index is 0. The molecule has 0 atom stereocenters. The van der Waals surface area contributed by atoms with Gasteiger partial charge < -0.3 is 16.4 Å². The Bertz CT molecular complexity index is 26.8. The molecular weight excluding hydrogens is 371 g/mol. The zero-order valence-electron chi connectivity index (χ0n) is 3.46. The monoisotopic (exact) mass is 375 g/mol. The molecule has 8 heavy (non-hydrogen) atoms. The number of hydrogen-bond donors (Lipinski definition) is 0. The van der Waals surface area contributed by atoms with Crippen molar-refractivity contribution < 1.29 is 29.2 Å². The molecule has 0 aromatic heterocycles. The van der Waals surface area contributed by atoms with Crippen LogP contribution >= 0.6 is 36.8 Å². The third-order valence-corrected chi connectivity index (χ3v) is 0. The van der Waals surface area contributed by atoms with E-state index in [-0.39, 0.29) is 16.4 Å². The van der Waals surface area contributed by atoms with Crippen molar-refractivity contribution in [3.8, 4) is 0 Å². The third kappa shape index (κ3) is 113. The predicted octanol–water partition coefficient (Wildman–Crippen LogP) is 0.281. The molecule has 0 bridgehead atoms. The Kier molecular flexibility index (Phi) is 24.8. The van der Waals surface area contributed by atoms with Gasteiger partial charge in [-0.3, -0.25) is 0 Å². The van der Waals surface area contributed by atoms with Crippen molar-refractivity contribution in [2.24, 2.45) is 0 Å². The maximum absolute atomic E-state index is 5.04. The Labute approximate surface area is 65.6 Å². The second-order valence-corrected chi connectivity index (χ2v) is 28.2. The van der Waals surface area contributed by atoms with Gasteiger partial charge in [0.05, 0.1) is 0 Å². The fourth-order valence-electron chi connectivity index (χ4n) is 0. The number of hydrogen-bond acceptors (Lipinski definition) is 0. The quantitative estimate of drug-likeness (QED) is 0.580. The van der Waals surface area contributed by atoms with E-state index in [4.69, 9.17) is 36.8 Å². The van der Waals surface area contributed by atoms with Crippen LogP contribution in [-0.4, -0.2) is 16.4 Å². The van der Waals surface area contributed by atoms with E-state index in [1.54, 1.807) is 0 Å². The molecule has 0 aliphatic rings. The van der Waals surface area contributed by atoms with E-state index in [0.717, 1.165) is 0 Å². The Morgan fingerprint density at radius 2 is 0.625 bits per heavy atom. The van der Waals surface area contributed by atoms with E-state index in [0.29, 0.717) is 0 Å². The Hall–Kier alpha value is 1.78.